The van der Waals surface area contributed by atoms with Crippen molar-refractivity contribution in [1.82, 2.24) is 9.38 Å². The zero-order valence-electron chi connectivity index (χ0n) is 11.0. The molecule has 3 heterocycles. The molecule has 0 N–H and O–H groups in total. The molecule has 0 unspecified atom stereocenters. The van der Waals surface area contributed by atoms with Crippen LogP contribution in [0, 0.1) is 0 Å². The maximum Gasteiger partial charge on any atom is 0.359 e. The minimum atomic E-state index is -0.367. The van der Waals surface area contributed by atoms with E-state index in [1.54, 1.807) is 6.92 Å². The number of fused-ring (bicyclic) bond motifs is 3. The van der Waals surface area contributed by atoms with Gasteiger partial charge in [-0.1, -0.05) is 30.3 Å². The van der Waals surface area contributed by atoms with Gasteiger partial charge >= 0.3 is 5.97 Å². The second kappa shape index (κ2) is 3.93. The Kier molecular flexibility index (Phi) is 2.21. The lowest BCUT2D eigenvalue weighted by molar-refractivity contribution is 0.0523. The number of carbonyl (C=O) groups excluding carboxylic acids is 1. The number of carbonyl (C=O) groups is 1. The van der Waals surface area contributed by atoms with E-state index in [-0.39, 0.29) is 5.97 Å². The number of nitrogens with zero attached hydrogens (tertiary/aromatic N) is 2. The van der Waals surface area contributed by atoms with E-state index in [1.807, 2.05) is 40.8 Å². The minimum Gasteiger partial charge on any atom is -0.461 e. The normalized spacial score (nSPS) is 11.7. The quantitative estimate of drug-likeness (QED) is 0.522. The molecule has 0 aliphatic carbocycles. The first-order valence-corrected chi connectivity index (χ1v) is 6.59. The molecule has 0 saturated carbocycles. The molecule has 0 fully saturated rings. The van der Waals surface area contributed by atoms with Crippen molar-refractivity contribution >= 4 is 33.4 Å². The zero-order chi connectivity index (χ0) is 13.7. The third-order valence-corrected chi connectivity index (χ3v) is 3.57. The Morgan fingerprint density at radius 3 is 2.75 bits per heavy atom. The molecule has 4 rings (SSSR count). The summed E-state index contributed by atoms with van der Waals surface area (Å²) in [5.74, 6) is -0.367. The summed E-state index contributed by atoms with van der Waals surface area (Å²) < 4.78 is 7.15. The van der Waals surface area contributed by atoms with E-state index < -0.39 is 0 Å². The number of ether oxygens (including phenoxy) is 1. The van der Waals surface area contributed by atoms with E-state index in [0.717, 1.165) is 27.5 Å². The third-order valence-electron chi connectivity index (χ3n) is 3.57. The highest BCUT2D eigenvalue weighted by atomic mass is 16.5. The van der Waals surface area contributed by atoms with E-state index >= 15 is 0 Å². The summed E-state index contributed by atoms with van der Waals surface area (Å²) in [6.45, 7) is 2.15. The maximum atomic E-state index is 12.1. The van der Waals surface area contributed by atoms with E-state index in [0.29, 0.717) is 12.3 Å². The van der Waals surface area contributed by atoms with Crippen molar-refractivity contribution in [2.75, 3.05) is 6.61 Å². The Labute approximate surface area is 114 Å². The largest absolute Gasteiger partial charge is 0.461 e. The van der Waals surface area contributed by atoms with Crippen molar-refractivity contribution in [3.05, 3.63) is 48.2 Å². The molecule has 0 aliphatic heterocycles. The summed E-state index contributed by atoms with van der Waals surface area (Å²) >= 11 is 0. The van der Waals surface area contributed by atoms with Gasteiger partial charge in [0.25, 0.3) is 0 Å². The molecule has 0 spiro atoms. The lowest BCUT2D eigenvalue weighted by Gasteiger charge is -1.97. The van der Waals surface area contributed by atoms with Crippen molar-refractivity contribution in [3.63, 3.8) is 0 Å². The van der Waals surface area contributed by atoms with Gasteiger partial charge in [0.05, 0.1) is 17.6 Å². The molecule has 4 nitrogen and oxygen atoms in total. The van der Waals surface area contributed by atoms with Crippen LogP contribution in [0.1, 0.15) is 17.4 Å². The molecular weight excluding hydrogens is 252 g/mol. The highest BCUT2D eigenvalue weighted by Gasteiger charge is 2.22. The first-order chi connectivity index (χ1) is 9.81. The van der Waals surface area contributed by atoms with E-state index in [4.69, 9.17) is 4.74 Å². The molecular formula is C16H12N2O2. The average Bonchev–Trinajstić information content (AvgIpc) is 3.01. The van der Waals surface area contributed by atoms with Gasteiger partial charge in [0.15, 0.2) is 5.69 Å². The molecule has 3 aromatic heterocycles. The SMILES string of the molecule is CCOC(=O)c1nc2cccc3c4ccccc4c1n23. The van der Waals surface area contributed by atoms with Gasteiger partial charge in [0.2, 0.25) is 0 Å². The lowest BCUT2D eigenvalue weighted by Crippen LogP contribution is -2.05. The molecule has 4 aromatic rings. The molecule has 98 valence electrons. The average molecular weight is 264 g/mol. The number of benzene rings is 1. The van der Waals surface area contributed by atoms with Gasteiger partial charge < -0.3 is 4.74 Å². The number of esters is 1. The summed E-state index contributed by atoms with van der Waals surface area (Å²) in [6, 6.07) is 14.0. The Bertz CT molecular complexity index is 939. The first kappa shape index (κ1) is 11.2. The monoisotopic (exact) mass is 264 g/mol. The molecule has 1 aromatic carbocycles. The van der Waals surface area contributed by atoms with Gasteiger partial charge in [0, 0.05) is 10.8 Å². The zero-order valence-corrected chi connectivity index (χ0v) is 11.0. The van der Waals surface area contributed by atoms with Crippen LogP contribution in [0.3, 0.4) is 0 Å². The fraction of sp³-hybridized carbons (Fsp3) is 0.125. The van der Waals surface area contributed by atoms with Crippen LogP contribution in [0.2, 0.25) is 0 Å². The first-order valence-electron chi connectivity index (χ1n) is 6.59. The second-order valence-electron chi connectivity index (χ2n) is 4.68. The molecule has 0 saturated heterocycles. The van der Waals surface area contributed by atoms with Crippen molar-refractivity contribution < 1.29 is 9.53 Å². The smallest absolute Gasteiger partial charge is 0.359 e. The van der Waals surface area contributed by atoms with Crippen LogP contribution in [-0.2, 0) is 4.74 Å². The van der Waals surface area contributed by atoms with Gasteiger partial charge in [-0.05, 0) is 19.1 Å². The van der Waals surface area contributed by atoms with Crippen LogP contribution in [-0.4, -0.2) is 22.0 Å². The van der Waals surface area contributed by atoms with Gasteiger partial charge in [-0.2, -0.15) is 0 Å². The predicted molar refractivity (Wildman–Crippen MR) is 77.3 cm³/mol. The predicted octanol–water partition coefficient (Wildman–Crippen LogP) is 3.26. The van der Waals surface area contributed by atoms with Crippen molar-refractivity contribution in [2.45, 2.75) is 6.92 Å². The Morgan fingerprint density at radius 1 is 1.15 bits per heavy atom. The van der Waals surface area contributed by atoms with Crippen LogP contribution >= 0.6 is 0 Å². The van der Waals surface area contributed by atoms with E-state index in [9.17, 15) is 4.79 Å². The Balaban J connectivity index is 2.21. The fourth-order valence-electron chi connectivity index (χ4n) is 2.81. The van der Waals surface area contributed by atoms with Gasteiger partial charge in [-0.3, -0.25) is 4.40 Å². The molecule has 0 amide bonds. The molecule has 0 bridgehead atoms. The lowest BCUT2D eigenvalue weighted by atomic mass is 10.1. The minimum absolute atomic E-state index is 0.348. The fourth-order valence-corrected chi connectivity index (χ4v) is 2.81. The number of imidazole rings is 1. The molecule has 0 aliphatic rings. The highest BCUT2D eigenvalue weighted by Crippen LogP contribution is 2.32. The molecule has 0 atom stereocenters. The van der Waals surface area contributed by atoms with E-state index in [1.165, 1.54) is 0 Å². The summed E-state index contributed by atoms with van der Waals surface area (Å²) in [6.07, 6.45) is 0. The van der Waals surface area contributed by atoms with Crippen LogP contribution < -0.4 is 0 Å². The molecule has 0 radical (unpaired) electrons. The van der Waals surface area contributed by atoms with Crippen molar-refractivity contribution in [1.29, 1.82) is 0 Å². The molecule has 4 heteroatoms. The summed E-state index contributed by atoms with van der Waals surface area (Å²) in [7, 11) is 0. The van der Waals surface area contributed by atoms with Crippen molar-refractivity contribution in [3.8, 4) is 0 Å². The maximum absolute atomic E-state index is 12.1. The number of rotatable bonds is 2. The van der Waals surface area contributed by atoms with Crippen LogP contribution in [0.5, 0.6) is 0 Å². The standard InChI is InChI=1S/C16H12N2O2/c1-2-20-16(19)14-15-11-7-4-3-6-10(11)12-8-5-9-13(17-14)18(12)15/h3-9H,2H2,1H3. The summed E-state index contributed by atoms with van der Waals surface area (Å²) in [4.78, 5) is 16.6. The van der Waals surface area contributed by atoms with Crippen LogP contribution in [0.4, 0.5) is 0 Å². The van der Waals surface area contributed by atoms with Gasteiger partial charge in [0.1, 0.15) is 5.65 Å². The number of pyridine rings is 1. The van der Waals surface area contributed by atoms with E-state index in [2.05, 4.69) is 11.1 Å². The molecule has 20 heavy (non-hydrogen) atoms. The highest BCUT2D eigenvalue weighted by molar-refractivity contribution is 6.15. The Hall–Kier alpha value is -2.62. The van der Waals surface area contributed by atoms with Gasteiger partial charge in [-0.25, -0.2) is 9.78 Å². The van der Waals surface area contributed by atoms with Crippen LogP contribution in [0.15, 0.2) is 42.5 Å². The van der Waals surface area contributed by atoms with Crippen LogP contribution in [0.25, 0.3) is 27.5 Å². The number of hydrogen-bond donors (Lipinski definition) is 0. The second-order valence-corrected chi connectivity index (χ2v) is 4.68. The summed E-state index contributed by atoms with van der Waals surface area (Å²) in [5.41, 5.74) is 3.07. The summed E-state index contributed by atoms with van der Waals surface area (Å²) in [5, 5.41) is 2.16. The topological polar surface area (TPSA) is 43.6 Å². The third kappa shape index (κ3) is 1.30. The number of aromatic nitrogens is 2. The number of hydrogen-bond acceptors (Lipinski definition) is 3. The van der Waals surface area contributed by atoms with Crippen molar-refractivity contribution in [2.24, 2.45) is 0 Å². The van der Waals surface area contributed by atoms with Gasteiger partial charge in [-0.15, -0.1) is 0 Å². The Morgan fingerprint density at radius 2 is 1.95 bits per heavy atom.